The van der Waals surface area contributed by atoms with Crippen molar-refractivity contribution in [2.75, 3.05) is 20.8 Å². The number of hydrogen-bond donors (Lipinski definition) is 2. The second-order valence-corrected chi connectivity index (χ2v) is 5.72. The molecular formula is C19H24N2O5. The third-order valence-electron chi connectivity index (χ3n) is 4.05. The lowest BCUT2D eigenvalue weighted by atomic mass is 10.1. The molecule has 1 aromatic heterocycles. The Bertz CT molecular complexity index is 811. The summed E-state index contributed by atoms with van der Waals surface area (Å²) in [5, 5.41) is 2.86. The maximum atomic E-state index is 12.6. The van der Waals surface area contributed by atoms with Gasteiger partial charge in [-0.15, -0.1) is 0 Å². The van der Waals surface area contributed by atoms with Gasteiger partial charge in [0.15, 0.2) is 11.5 Å². The number of carbonyl (C=O) groups is 2. The van der Waals surface area contributed by atoms with Gasteiger partial charge in [-0.05, 0) is 44.0 Å². The first-order valence-corrected chi connectivity index (χ1v) is 8.28. The highest BCUT2D eigenvalue weighted by Crippen LogP contribution is 2.27. The Kier molecular flexibility index (Phi) is 6.27. The van der Waals surface area contributed by atoms with Crippen LogP contribution in [0.15, 0.2) is 18.2 Å². The lowest BCUT2D eigenvalue weighted by Crippen LogP contribution is -2.24. The van der Waals surface area contributed by atoms with Crippen molar-refractivity contribution >= 4 is 11.9 Å². The molecule has 0 saturated heterocycles. The Morgan fingerprint density at radius 3 is 2.42 bits per heavy atom. The molecule has 2 aromatic rings. The Morgan fingerprint density at radius 2 is 1.81 bits per heavy atom. The van der Waals surface area contributed by atoms with Gasteiger partial charge in [-0.25, -0.2) is 4.79 Å². The minimum atomic E-state index is -0.466. The number of methoxy groups -OCH3 is 2. The van der Waals surface area contributed by atoms with Crippen LogP contribution in [0.4, 0.5) is 0 Å². The number of aromatic nitrogens is 1. The second kappa shape index (κ2) is 8.42. The summed E-state index contributed by atoms with van der Waals surface area (Å²) >= 11 is 0. The van der Waals surface area contributed by atoms with Crippen molar-refractivity contribution in [3.05, 3.63) is 46.3 Å². The van der Waals surface area contributed by atoms with E-state index in [1.807, 2.05) is 6.07 Å². The van der Waals surface area contributed by atoms with Crippen LogP contribution in [0.25, 0.3) is 0 Å². The zero-order valence-electron chi connectivity index (χ0n) is 15.7. The Labute approximate surface area is 152 Å². The maximum Gasteiger partial charge on any atom is 0.355 e. The number of rotatable bonds is 7. The molecule has 1 amide bonds. The molecule has 0 aliphatic carbocycles. The first kappa shape index (κ1) is 19.4. The van der Waals surface area contributed by atoms with Crippen molar-refractivity contribution in [2.45, 2.75) is 27.3 Å². The first-order valence-electron chi connectivity index (χ1n) is 8.28. The lowest BCUT2D eigenvalue weighted by molar-refractivity contribution is 0.0519. The highest BCUT2D eigenvalue weighted by molar-refractivity contribution is 6.01. The molecule has 1 heterocycles. The summed E-state index contributed by atoms with van der Waals surface area (Å²) in [4.78, 5) is 27.5. The average molecular weight is 360 g/mol. The molecule has 7 nitrogen and oxygen atoms in total. The van der Waals surface area contributed by atoms with E-state index < -0.39 is 5.97 Å². The summed E-state index contributed by atoms with van der Waals surface area (Å²) in [6.07, 6.45) is 0. The molecular weight excluding hydrogens is 336 g/mol. The van der Waals surface area contributed by atoms with Gasteiger partial charge in [-0.1, -0.05) is 6.07 Å². The first-order chi connectivity index (χ1) is 12.4. The molecule has 0 saturated carbocycles. The van der Waals surface area contributed by atoms with Gasteiger partial charge in [0.05, 0.1) is 26.4 Å². The van der Waals surface area contributed by atoms with Gasteiger partial charge in [0.25, 0.3) is 5.91 Å². The zero-order valence-corrected chi connectivity index (χ0v) is 15.7. The molecule has 0 atom stereocenters. The minimum absolute atomic E-state index is 0.262. The molecule has 2 rings (SSSR count). The van der Waals surface area contributed by atoms with Gasteiger partial charge in [-0.3, -0.25) is 4.79 Å². The smallest absolute Gasteiger partial charge is 0.355 e. The van der Waals surface area contributed by atoms with E-state index in [0.29, 0.717) is 40.6 Å². The van der Waals surface area contributed by atoms with Crippen LogP contribution in [-0.2, 0) is 11.3 Å². The van der Waals surface area contributed by atoms with Crippen molar-refractivity contribution in [1.82, 2.24) is 10.3 Å². The third kappa shape index (κ3) is 3.99. The fraction of sp³-hybridized carbons (Fsp3) is 0.368. The van der Waals surface area contributed by atoms with Crippen molar-refractivity contribution in [3.63, 3.8) is 0 Å². The summed E-state index contributed by atoms with van der Waals surface area (Å²) in [7, 11) is 3.13. The normalized spacial score (nSPS) is 10.3. The summed E-state index contributed by atoms with van der Waals surface area (Å²) in [5.41, 5.74) is 2.82. The summed E-state index contributed by atoms with van der Waals surface area (Å²) in [6, 6.07) is 5.44. The number of carbonyl (C=O) groups excluding carboxylic acids is 2. The topological polar surface area (TPSA) is 89.7 Å². The Morgan fingerprint density at radius 1 is 1.12 bits per heavy atom. The van der Waals surface area contributed by atoms with Crippen molar-refractivity contribution in [1.29, 1.82) is 0 Å². The predicted molar refractivity (Wildman–Crippen MR) is 96.9 cm³/mol. The number of benzene rings is 1. The molecule has 0 aliphatic heterocycles. The third-order valence-corrected chi connectivity index (χ3v) is 4.05. The summed E-state index contributed by atoms with van der Waals surface area (Å²) in [6.45, 7) is 5.80. The van der Waals surface area contributed by atoms with Gasteiger partial charge in [0.1, 0.15) is 5.69 Å². The van der Waals surface area contributed by atoms with Gasteiger partial charge >= 0.3 is 5.97 Å². The largest absolute Gasteiger partial charge is 0.493 e. The molecule has 2 N–H and O–H groups in total. The molecule has 0 fully saturated rings. The van der Waals surface area contributed by atoms with E-state index in [-0.39, 0.29) is 12.5 Å². The summed E-state index contributed by atoms with van der Waals surface area (Å²) < 4.78 is 15.5. The van der Waals surface area contributed by atoms with Crippen molar-refractivity contribution < 1.29 is 23.8 Å². The SMILES string of the molecule is CCOC(=O)c1[nH]c(C)c(C(=O)NCc2ccc(OC)c(OC)c2)c1C. The van der Waals surface area contributed by atoms with Crippen LogP contribution < -0.4 is 14.8 Å². The number of H-pyrrole nitrogens is 1. The highest BCUT2D eigenvalue weighted by atomic mass is 16.5. The Balaban J connectivity index is 2.15. The standard InChI is InChI=1S/C19H24N2O5/c1-6-26-19(23)17-11(2)16(12(3)21-17)18(22)20-10-13-7-8-14(24-4)15(9-13)25-5/h7-9,21H,6,10H2,1-5H3,(H,20,22). The number of amides is 1. The van der Waals surface area contributed by atoms with Gasteiger partial charge < -0.3 is 24.5 Å². The molecule has 26 heavy (non-hydrogen) atoms. The number of aryl methyl sites for hydroxylation is 1. The zero-order chi connectivity index (χ0) is 19.3. The molecule has 0 aliphatic rings. The molecule has 1 aromatic carbocycles. The van der Waals surface area contributed by atoms with E-state index >= 15 is 0 Å². The van der Waals surface area contributed by atoms with E-state index in [1.165, 1.54) is 0 Å². The number of aromatic amines is 1. The van der Waals surface area contributed by atoms with Crippen LogP contribution in [0.5, 0.6) is 11.5 Å². The number of nitrogens with one attached hydrogen (secondary N) is 2. The van der Waals surface area contributed by atoms with Crippen LogP contribution in [0.2, 0.25) is 0 Å². The highest BCUT2D eigenvalue weighted by Gasteiger charge is 2.22. The van der Waals surface area contributed by atoms with E-state index in [0.717, 1.165) is 5.56 Å². The van der Waals surface area contributed by atoms with Gasteiger partial charge in [-0.2, -0.15) is 0 Å². The molecule has 140 valence electrons. The molecule has 0 bridgehead atoms. The number of ether oxygens (including phenoxy) is 3. The summed E-state index contributed by atoms with van der Waals surface area (Å²) in [5.74, 6) is 0.491. The van der Waals surface area contributed by atoms with Crippen LogP contribution in [0, 0.1) is 13.8 Å². The minimum Gasteiger partial charge on any atom is -0.493 e. The van der Waals surface area contributed by atoms with Crippen molar-refractivity contribution in [2.24, 2.45) is 0 Å². The predicted octanol–water partition coefficient (Wildman–Crippen LogP) is 2.76. The van der Waals surface area contributed by atoms with Crippen LogP contribution in [0.1, 0.15) is 44.6 Å². The fourth-order valence-electron chi connectivity index (χ4n) is 2.76. The maximum absolute atomic E-state index is 12.6. The lowest BCUT2D eigenvalue weighted by Gasteiger charge is -2.10. The monoisotopic (exact) mass is 360 g/mol. The van der Waals surface area contributed by atoms with E-state index in [9.17, 15) is 9.59 Å². The van der Waals surface area contributed by atoms with Crippen molar-refractivity contribution in [3.8, 4) is 11.5 Å². The molecule has 7 heteroatoms. The van der Waals surface area contributed by atoms with E-state index in [4.69, 9.17) is 14.2 Å². The fourth-order valence-corrected chi connectivity index (χ4v) is 2.76. The van der Waals surface area contributed by atoms with E-state index in [2.05, 4.69) is 10.3 Å². The number of hydrogen-bond acceptors (Lipinski definition) is 5. The molecule has 0 radical (unpaired) electrons. The van der Waals surface area contributed by atoms with Gasteiger partial charge in [0, 0.05) is 12.2 Å². The van der Waals surface area contributed by atoms with Crippen LogP contribution in [0.3, 0.4) is 0 Å². The van der Waals surface area contributed by atoms with E-state index in [1.54, 1.807) is 47.1 Å². The molecule has 0 unspecified atom stereocenters. The average Bonchev–Trinajstić information content (AvgIpc) is 2.94. The van der Waals surface area contributed by atoms with Gasteiger partial charge in [0.2, 0.25) is 0 Å². The van der Waals surface area contributed by atoms with Crippen LogP contribution in [-0.4, -0.2) is 37.7 Å². The molecule has 0 spiro atoms. The second-order valence-electron chi connectivity index (χ2n) is 5.72. The Hall–Kier alpha value is -2.96. The van der Waals surface area contributed by atoms with Crippen LogP contribution >= 0.6 is 0 Å². The quantitative estimate of drug-likeness (QED) is 0.741. The number of esters is 1.